The van der Waals surface area contributed by atoms with Crippen molar-refractivity contribution < 1.29 is 4.79 Å². The first-order valence-corrected chi connectivity index (χ1v) is 15.9. The van der Waals surface area contributed by atoms with E-state index in [1.165, 1.54) is 17.5 Å². The number of imidazole rings is 1. The number of nitrogens with one attached hydrogen (secondary N) is 2. The fraction of sp³-hybridized carbons (Fsp3) is 0.353. The topological polar surface area (TPSA) is 132 Å². The van der Waals surface area contributed by atoms with E-state index in [0.29, 0.717) is 25.0 Å². The average Bonchev–Trinajstić information content (AvgIpc) is 3.85. The predicted octanol–water partition coefficient (Wildman–Crippen LogP) is 3.96. The number of pyridine rings is 1. The van der Waals surface area contributed by atoms with Crippen molar-refractivity contribution in [2.24, 2.45) is 14.1 Å². The third-order valence-corrected chi connectivity index (χ3v) is 9.87. The minimum absolute atomic E-state index is 0.109. The number of aryl methyl sites for hydroxylation is 2. The molecule has 12 nitrogen and oxygen atoms in total. The van der Waals surface area contributed by atoms with Gasteiger partial charge in [0.05, 0.1) is 34.6 Å². The zero-order valence-corrected chi connectivity index (χ0v) is 25.9. The Balaban J connectivity index is 1.09. The van der Waals surface area contributed by atoms with E-state index in [1.54, 1.807) is 17.8 Å². The van der Waals surface area contributed by atoms with E-state index < -0.39 is 0 Å². The second kappa shape index (κ2) is 11.4. The first-order valence-electron chi connectivity index (χ1n) is 15.9. The van der Waals surface area contributed by atoms with Crippen LogP contribution in [0.2, 0.25) is 0 Å². The molecule has 6 heterocycles. The number of fused-ring (bicyclic) bond motifs is 3. The fourth-order valence-corrected chi connectivity index (χ4v) is 7.34. The smallest absolute Gasteiger partial charge is 0.333 e. The molecule has 0 saturated carbocycles. The summed E-state index contributed by atoms with van der Waals surface area (Å²) >= 11 is 0. The maximum Gasteiger partial charge on any atom is 0.333 e. The lowest BCUT2D eigenvalue weighted by atomic mass is 9.86. The number of H-pyrrole nitrogens is 1. The monoisotopic (exact) mass is 616 g/mol. The first-order chi connectivity index (χ1) is 22.4. The van der Waals surface area contributed by atoms with Gasteiger partial charge in [-0.05, 0) is 67.0 Å². The number of likely N-dealkylation sites (tertiary alicyclic amines) is 1. The average molecular weight is 617 g/mol. The van der Waals surface area contributed by atoms with E-state index in [0.717, 1.165) is 65.4 Å². The number of carbonyl (C=O) groups is 1. The minimum Gasteiger partial charge on any atom is -0.335 e. The Labute approximate surface area is 265 Å². The van der Waals surface area contributed by atoms with Crippen molar-refractivity contribution in [1.82, 2.24) is 49.3 Å². The largest absolute Gasteiger partial charge is 0.335 e. The summed E-state index contributed by atoms with van der Waals surface area (Å²) in [6.07, 6.45) is 11.2. The SMILES string of the molecule is Cn1cc(C2CCC(c3ccc4ncc5c(c4c3)n(-c3ccc(C4CCCN(C(=O)c6ncn[nH]6)C4)cc3)c(=O)n5C)CN2)cn1. The zero-order chi connectivity index (χ0) is 31.4. The number of carbonyl (C=O) groups excluding carboxylic acids is 1. The molecule has 3 unspecified atom stereocenters. The van der Waals surface area contributed by atoms with Crippen LogP contribution >= 0.6 is 0 Å². The molecule has 6 aromatic rings. The molecule has 2 saturated heterocycles. The molecule has 0 bridgehead atoms. The van der Waals surface area contributed by atoms with Crippen molar-refractivity contribution in [2.45, 2.75) is 43.6 Å². The number of benzene rings is 2. The van der Waals surface area contributed by atoms with Crippen LogP contribution in [-0.4, -0.2) is 69.5 Å². The van der Waals surface area contributed by atoms with Crippen LogP contribution in [0.25, 0.3) is 27.6 Å². The van der Waals surface area contributed by atoms with Gasteiger partial charge in [0, 0.05) is 62.8 Å². The van der Waals surface area contributed by atoms with Crippen molar-refractivity contribution in [3.63, 3.8) is 0 Å². The summed E-state index contributed by atoms with van der Waals surface area (Å²) < 4.78 is 5.34. The summed E-state index contributed by atoms with van der Waals surface area (Å²) in [5, 5.41) is 15.5. The Morgan fingerprint density at radius 2 is 1.78 bits per heavy atom. The van der Waals surface area contributed by atoms with Crippen molar-refractivity contribution >= 4 is 27.8 Å². The number of aromatic amines is 1. The normalized spacial score (nSPS) is 20.5. The third-order valence-electron chi connectivity index (χ3n) is 9.87. The number of nitrogens with zero attached hydrogens (tertiary/aromatic N) is 8. The van der Waals surface area contributed by atoms with E-state index in [-0.39, 0.29) is 23.3 Å². The molecule has 2 aliphatic heterocycles. The van der Waals surface area contributed by atoms with Crippen molar-refractivity contribution in [3.8, 4) is 5.69 Å². The summed E-state index contributed by atoms with van der Waals surface area (Å²) in [4.78, 5) is 37.2. The van der Waals surface area contributed by atoms with Crippen LogP contribution < -0.4 is 11.0 Å². The Bertz CT molecular complexity index is 2100. The van der Waals surface area contributed by atoms with Crippen molar-refractivity contribution in [3.05, 3.63) is 100 Å². The molecule has 2 N–H and O–H groups in total. The van der Waals surface area contributed by atoms with Crippen molar-refractivity contribution in [2.75, 3.05) is 19.6 Å². The van der Waals surface area contributed by atoms with Gasteiger partial charge in [0.2, 0.25) is 5.82 Å². The lowest BCUT2D eigenvalue weighted by Crippen LogP contribution is -2.39. The van der Waals surface area contributed by atoms with E-state index in [2.05, 4.69) is 62.1 Å². The van der Waals surface area contributed by atoms with Gasteiger partial charge < -0.3 is 10.2 Å². The highest BCUT2D eigenvalue weighted by Crippen LogP contribution is 2.35. The summed E-state index contributed by atoms with van der Waals surface area (Å²) in [5.41, 5.74) is 6.85. The third kappa shape index (κ3) is 4.89. The Morgan fingerprint density at radius 3 is 2.52 bits per heavy atom. The van der Waals surface area contributed by atoms with Gasteiger partial charge in [-0.2, -0.15) is 10.2 Å². The lowest BCUT2D eigenvalue weighted by Gasteiger charge is -2.32. The first kappa shape index (κ1) is 28.4. The van der Waals surface area contributed by atoms with Crippen LogP contribution in [0.15, 0.2) is 72.2 Å². The fourth-order valence-electron chi connectivity index (χ4n) is 7.34. The molecule has 2 aromatic carbocycles. The number of amides is 1. The van der Waals surface area contributed by atoms with Gasteiger partial charge >= 0.3 is 5.69 Å². The second-order valence-electron chi connectivity index (χ2n) is 12.6. The minimum atomic E-state index is -0.127. The van der Waals surface area contributed by atoms with Crippen LogP contribution in [0.4, 0.5) is 0 Å². The lowest BCUT2D eigenvalue weighted by molar-refractivity contribution is 0.0695. The molecular weight excluding hydrogens is 580 g/mol. The summed E-state index contributed by atoms with van der Waals surface area (Å²) in [5.74, 6) is 0.707. The van der Waals surface area contributed by atoms with Crippen LogP contribution in [0, 0.1) is 0 Å². The maximum atomic E-state index is 13.7. The molecule has 4 aromatic heterocycles. The number of aromatic nitrogens is 8. The summed E-state index contributed by atoms with van der Waals surface area (Å²) in [7, 11) is 3.76. The van der Waals surface area contributed by atoms with E-state index >= 15 is 0 Å². The predicted molar refractivity (Wildman–Crippen MR) is 174 cm³/mol. The number of piperidine rings is 2. The second-order valence-corrected chi connectivity index (χ2v) is 12.6. The molecule has 0 spiro atoms. The molecule has 12 heteroatoms. The van der Waals surface area contributed by atoms with Gasteiger partial charge in [-0.15, -0.1) is 0 Å². The summed E-state index contributed by atoms with van der Waals surface area (Å²) in [6, 6.07) is 15.0. The number of hydrogen-bond donors (Lipinski definition) is 2. The van der Waals surface area contributed by atoms with Crippen LogP contribution in [0.3, 0.4) is 0 Å². The molecule has 0 aliphatic carbocycles. The number of hydrogen-bond acceptors (Lipinski definition) is 7. The maximum absolute atomic E-state index is 13.7. The Morgan fingerprint density at radius 1 is 0.935 bits per heavy atom. The molecular formula is C34H36N10O2. The van der Waals surface area contributed by atoms with Gasteiger partial charge in [-0.1, -0.05) is 18.2 Å². The van der Waals surface area contributed by atoms with Gasteiger partial charge in [0.25, 0.3) is 5.91 Å². The van der Waals surface area contributed by atoms with E-state index in [9.17, 15) is 9.59 Å². The highest BCUT2D eigenvalue weighted by atomic mass is 16.2. The van der Waals surface area contributed by atoms with Crippen LogP contribution in [0.1, 0.15) is 70.9 Å². The van der Waals surface area contributed by atoms with Gasteiger partial charge in [0.15, 0.2) is 0 Å². The molecule has 2 fully saturated rings. The molecule has 234 valence electrons. The molecule has 2 aliphatic rings. The highest BCUT2D eigenvalue weighted by Gasteiger charge is 2.28. The quantitative estimate of drug-likeness (QED) is 0.300. The zero-order valence-electron chi connectivity index (χ0n) is 25.9. The molecule has 46 heavy (non-hydrogen) atoms. The Hall–Kier alpha value is -5.10. The molecule has 1 amide bonds. The molecule has 8 rings (SSSR count). The molecule has 3 atom stereocenters. The molecule has 0 radical (unpaired) electrons. The van der Waals surface area contributed by atoms with Crippen molar-refractivity contribution in [1.29, 1.82) is 0 Å². The Kier molecular flexibility index (Phi) is 7.01. The highest BCUT2D eigenvalue weighted by molar-refractivity contribution is 6.03. The van der Waals surface area contributed by atoms with Crippen LogP contribution in [0.5, 0.6) is 0 Å². The van der Waals surface area contributed by atoms with Crippen LogP contribution in [-0.2, 0) is 14.1 Å². The van der Waals surface area contributed by atoms with Gasteiger partial charge in [-0.3, -0.25) is 28.7 Å². The van der Waals surface area contributed by atoms with E-state index in [1.807, 2.05) is 39.5 Å². The van der Waals surface area contributed by atoms with Gasteiger partial charge in [0.1, 0.15) is 6.33 Å². The standard InChI is InChI=1S/C34H36N10O2/c1-41-18-25(16-39-41)28-11-8-23(15-35-28)22-7-12-29-27(14-22)31-30(17-36-29)42(2)34(46)44(31)26-9-5-21(6-10-26)24-4-3-13-43(19-24)33(45)32-37-20-38-40-32/h5-7,9-10,12,14,16-18,20,23-24,28,35H,3-4,8,11,13,15,19H2,1-2H3,(H,37,38,40). The summed E-state index contributed by atoms with van der Waals surface area (Å²) in [6.45, 7) is 2.19. The van der Waals surface area contributed by atoms with E-state index in [4.69, 9.17) is 4.98 Å². The van der Waals surface area contributed by atoms with Gasteiger partial charge in [-0.25, -0.2) is 9.78 Å². The number of rotatable bonds is 5.